The van der Waals surface area contributed by atoms with Gasteiger partial charge in [-0.05, 0) is 62.5 Å². The first-order valence-corrected chi connectivity index (χ1v) is 7.72. The molecule has 0 bridgehead atoms. The van der Waals surface area contributed by atoms with Gasteiger partial charge in [-0.2, -0.15) is 11.8 Å². The quantitative estimate of drug-likeness (QED) is 0.769. The fraction of sp³-hybridized carbons (Fsp3) is 0.923. The van der Waals surface area contributed by atoms with Crippen LogP contribution in [0.2, 0.25) is 0 Å². The van der Waals surface area contributed by atoms with Crippen molar-refractivity contribution in [1.29, 1.82) is 0 Å². The molecule has 98 valence electrons. The van der Waals surface area contributed by atoms with Crippen LogP contribution in [0.15, 0.2) is 0 Å². The first kappa shape index (κ1) is 13.2. The molecule has 2 rings (SSSR count). The molecular formula is C13H23NO2S. The fourth-order valence-corrected chi connectivity index (χ4v) is 4.35. The summed E-state index contributed by atoms with van der Waals surface area (Å²) in [5.41, 5.74) is -0.456. The summed E-state index contributed by atoms with van der Waals surface area (Å²) in [6.45, 7) is 2.93. The first-order chi connectivity index (χ1) is 8.15. The maximum Gasteiger partial charge on any atom is 0.325 e. The summed E-state index contributed by atoms with van der Waals surface area (Å²) in [6, 6.07) is 0. The van der Waals surface area contributed by atoms with Crippen LogP contribution in [0.4, 0.5) is 0 Å². The molecule has 2 aliphatic rings. The highest BCUT2D eigenvalue weighted by molar-refractivity contribution is 7.99. The van der Waals surface area contributed by atoms with E-state index in [2.05, 4.69) is 17.1 Å². The van der Waals surface area contributed by atoms with Crippen molar-refractivity contribution in [2.75, 3.05) is 25.2 Å². The second-order valence-corrected chi connectivity index (χ2v) is 6.68. The van der Waals surface area contributed by atoms with E-state index in [0.29, 0.717) is 5.92 Å². The molecule has 2 atom stereocenters. The molecule has 2 fully saturated rings. The van der Waals surface area contributed by atoms with Gasteiger partial charge in [-0.3, -0.25) is 4.79 Å². The van der Waals surface area contributed by atoms with E-state index in [1.54, 1.807) is 0 Å². The van der Waals surface area contributed by atoms with Crippen LogP contribution in [0, 0.1) is 11.8 Å². The Bertz CT molecular complexity index is 279. The van der Waals surface area contributed by atoms with E-state index in [9.17, 15) is 4.79 Å². The van der Waals surface area contributed by atoms with Gasteiger partial charge < -0.3 is 10.1 Å². The molecular weight excluding hydrogens is 234 g/mol. The minimum absolute atomic E-state index is 0.104. The molecule has 4 heteroatoms. The summed E-state index contributed by atoms with van der Waals surface area (Å²) in [6.07, 6.45) is 4.80. The van der Waals surface area contributed by atoms with Crippen LogP contribution in [0.3, 0.4) is 0 Å². The van der Waals surface area contributed by atoms with Gasteiger partial charge in [0.15, 0.2) is 0 Å². The fourth-order valence-electron chi connectivity index (χ4n) is 3.20. The molecule has 0 aliphatic carbocycles. The SMILES string of the molecule is COC(=O)C1(C)CC(C2CCSCC2)CCN1. The summed E-state index contributed by atoms with van der Waals surface area (Å²) in [4.78, 5) is 11.8. The van der Waals surface area contributed by atoms with Crippen LogP contribution < -0.4 is 5.32 Å². The van der Waals surface area contributed by atoms with Crippen molar-refractivity contribution >= 4 is 17.7 Å². The molecule has 0 aromatic rings. The van der Waals surface area contributed by atoms with Gasteiger partial charge in [0.2, 0.25) is 0 Å². The van der Waals surface area contributed by atoms with Crippen molar-refractivity contribution in [2.24, 2.45) is 11.8 Å². The number of methoxy groups -OCH3 is 1. The first-order valence-electron chi connectivity index (χ1n) is 6.57. The van der Waals surface area contributed by atoms with Gasteiger partial charge in [-0.1, -0.05) is 0 Å². The summed E-state index contributed by atoms with van der Waals surface area (Å²) in [5.74, 6) is 4.00. The number of hydrogen-bond donors (Lipinski definition) is 1. The average Bonchev–Trinajstić information content (AvgIpc) is 2.39. The van der Waals surface area contributed by atoms with Gasteiger partial charge in [0.1, 0.15) is 5.54 Å². The standard InChI is InChI=1S/C13H23NO2S/c1-13(12(15)16-2)9-11(3-6-14-13)10-4-7-17-8-5-10/h10-11,14H,3-9H2,1-2H3. The monoisotopic (exact) mass is 257 g/mol. The molecule has 2 aliphatic heterocycles. The van der Waals surface area contributed by atoms with E-state index >= 15 is 0 Å². The number of hydrogen-bond acceptors (Lipinski definition) is 4. The average molecular weight is 257 g/mol. The van der Waals surface area contributed by atoms with E-state index in [1.807, 2.05) is 6.92 Å². The second-order valence-electron chi connectivity index (χ2n) is 5.45. The molecule has 0 amide bonds. The lowest BCUT2D eigenvalue weighted by Crippen LogP contribution is -2.56. The number of carbonyl (C=O) groups excluding carboxylic acids is 1. The lowest BCUT2D eigenvalue weighted by atomic mass is 9.74. The topological polar surface area (TPSA) is 38.3 Å². The molecule has 0 radical (unpaired) electrons. The van der Waals surface area contributed by atoms with Crippen molar-refractivity contribution in [3.8, 4) is 0 Å². The van der Waals surface area contributed by atoms with E-state index in [4.69, 9.17) is 4.74 Å². The minimum Gasteiger partial charge on any atom is -0.468 e. The van der Waals surface area contributed by atoms with Crippen molar-refractivity contribution < 1.29 is 9.53 Å². The Kier molecular flexibility index (Phi) is 4.36. The zero-order valence-electron chi connectivity index (χ0n) is 10.8. The Balaban J connectivity index is 1.98. The van der Waals surface area contributed by atoms with Crippen LogP contribution in [0.25, 0.3) is 0 Å². The number of carbonyl (C=O) groups is 1. The maximum atomic E-state index is 11.8. The zero-order chi connectivity index (χ0) is 12.3. The smallest absolute Gasteiger partial charge is 0.325 e. The minimum atomic E-state index is -0.456. The Morgan fingerprint density at radius 1 is 1.29 bits per heavy atom. The van der Waals surface area contributed by atoms with Gasteiger partial charge in [0.05, 0.1) is 7.11 Å². The normalized spacial score (nSPS) is 35.5. The number of ether oxygens (including phenoxy) is 1. The van der Waals surface area contributed by atoms with E-state index in [1.165, 1.54) is 37.9 Å². The Morgan fingerprint density at radius 3 is 2.65 bits per heavy atom. The Hall–Kier alpha value is -0.220. The molecule has 0 aromatic carbocycles. The van der Waals surface area contributed by atoms with E-state index < -0.39 is 5.54 Å². The molecule has 17 heavy (non-hydrogen) atoms. The zero-order valence-corrected chi connectivity index (χ0v) is 11.6. The van der Waals surface area contributed by atoms with Gasteiger partial charge in [-0.25, -0.2) is 0 Å². The number of nitrogens with one attached hydrogen (secondary N) is 1. The highest BCUT2D eigenvalue weighted by Gasteiger charge is 2.41. The molecule has 2 heterocycles. The predicted molar refractivity (Wildman–Crippen MR) is 71.2 cm³/mol. The third kappa shape index (κ3) is 2.97. The summed E-state index contributed by atoms with van der Waals surface area (Å²) in [5, 5.41) is 3.34. The van der Waals surface area contributed by atoms with Crippen LogP contribution in [0.1, 0.15) is 32.6 Å². The van der Waals surface area contributed by atoms with E-state index in [-0.39, 0.29) is 5.97 Å². The summed E-state index contributed by atoms with van der Waals surface area (Å²) < 4.78 is 4.92. The van der Waals surface area contributed by atoms with E-state index in [0.717, 1.165) is 18.9 Å². The lowest BCUT2D eigenvalue weighted by molar-refractivity contribution is -0.150. The number of piperidine rings is 1. The molecule has 2 unspecified atom stereocenters. The maximum absolute atomic E-state index is 11.8. The van der Waals surface area contributed by atoms with Crippen molar-refractivity contribution in [3.05, 3.63) is 0 Å². The highest BCUT2D eigenvalue weighted by Crippen LogP contribution is 2.37. The predicted octanol–water partition coefficient (Wildman–Crippen LogP) is 2.06. The van der Waals surface area contributed by atoms with Crippen LogP contribution in [-0.4, -0.2) is 36.7 Å². The third-order valence-corrected chi connectivity index (χ3v) is 5.32. The summed E-state index contributed by atoms with van der Waals surface area (Å²) >= 11 is 2.07. The van der Waals surface area contributed by atoms with Crippen molar-refractivity contribution in [1.82, 2.24) is 5.32 Å². The number of esters is 1. The second kappa shape index (κ2) is 5.61. The van der Waals surface area contributed by atoms with Gasteiger partial charge in [0.25, 0.3) is 0 Å². The Morgan fingerprint density at radius 2 is 2.00 bits per heavy atom. The molecule has 0 aromatic heterocycles. The number of rotatable bonds is 2. The number of thioether (sulfide) groups is 1. The van der Waals surface area contributed by atoms with Gasteiger partial charge in [-0.15, -0.1) is 0 Å². The van der Waals surface area contributed by atoms with Crippen molar-refractivity contribution in [3.63, 3.8) is 0 Å². The highest BCUT2D eigenvalue weighted by atomic mass is 32.2. The van der Waals surface area contributed by atoms with Crippen LogP contribution in [0.5, 0.6) is 0 Å². The summed E-state index contributed by atoms with van der Waals surface area (Å²) in [7, 11) is 1.48. The molecule has 1 N–H and O–H groups in total. The van der Waals surface area contributed by atoms with Crippen molar-refractivity contribution in [2.45, 2.75) is 38.1 Å². The molecule has 0 saturated carbocycles. The van der Waals surface area contributed by atoms with Gasteiger partial charge >= 0.3 is 5.97 Å². The van der Waals surface area contributed by atoms with Crippen LogP contribution in [-0.2, 0) is 9.53 Å². The van der Waals surface area contributed by atoms with Crippen LogP contribution >= 0.6 is 11.8 Å². The molecule has 2 saturated heterocycles. The largest absolute Gasteiger partial charge is 0.468 e. The third-order valence-electron chi connectivity index (χ3n) is 4.27. The molecule has 0 spiro atoms. The van der Waals surface area contributed by atoms with Gasteiger partial charge in [0, 0.05) is 0 Å². The molecule has 3 nitrogen and oxygen atoms in total. The lowest BCUT2D eigenvalue weighted by Gasteiger charge is -2.41. The Labute approximate surface area is 108 Å².